The van der Waals surface area contributed by atoms with E-state index in [1.54, 1.807) is 0 Å². The van der Waals surface area contributed by atoms with Crippen LogP contribution < -0.4 is 4.74 Å². The topological polar surface area (TPSA) is 75.2 Å². The van der Waals surface area contributed by atoms with Crippen molar-refractivity contribution in [1.82, 2.24) is 9.97 Å². The minimum Gasteiger partial charge on any atom is -0.481 e. The summed E-state index contributed by atoms with van der Waals surface area (Å²) in [5, 5.41) is 9.62. The molecule has 0 bridgehead atoms. The van der Waals surface area contributed by atoms with Gasteiger partial charge in [0.2, 0.25) is 0 Å². The number of carbonyl (C=O) groups is 1. The maximum atomic E-state index is 10.9. The van der Waals surface area contributed by atoms with E-state index in [1.165, 1.54) is 5.56 Å². The number of imidazole rings is 1. The third-order valence-electron chi connectivity index (χ3n) is 5.53. The SMILES string of the molecule is O=C(O)C1CC1COc1nc2cc(-c3ccc(-c4ccccc4)cc3)c(Cl)cc2[nH]1. The fraction of sp³-hybridized carbons (Fsp3) is 0.167. The number of ether oxygens (including phenoxy) is 1. The van der Waals surface area contributed by atoms with Crippen molar-refractivity contribution >= 4 is 28.6 Å². The van der Waals surface area contributed by atoms with Crippen molar-refractivity contribution in [3.63, 3.8) is 0 Å². The quantitative estimate of drug-likeness (QED) is 0.424. The van der Waals surface area contributed by atoms with E-state index >= 15 is 0 Å². The van der Waals surface area contributed by atoms with Crippen LogP contribution in [0.25, 0.3) is 33.3 Å². The molecule has 6 heteroatoms. The largest absolute Gasteiger partial charge is 0.481 e. The Kier molecular flexibility index (Phi) is 4.68. The molecule has 2 unspecified atom stereocenters. The van der Waals surface area contributed by atoms with Crippen LogP contribution in [0.2, 0.25) is 5.02 Å². The minimum absolute atomic E-state index is 0.0537. The predicted octanol–water partition coefficient (Wildman–Crippen LogP) is 5.65. The summed E-state index contributed by atoms with van der Waals surface area (Å²) < 4.78 is 5.67. The molecule has 0 radical (unpaired) electrons. The Hall–Kier alpha value is -3.31. The van der Waals surface area contributed by atoms with Gasteiger partial charge in [0.05, 0.1) is 28.6 Å². The highest BCUT2D eigenvalue weighted by molar-refractivity contribution is 6.34. The van der Waals surface area contributed by atoms with Crippen LogP contribution in [0.3, 0.4) is 0 Å². The average molecular weight is 419 g/mol. The molecule has 5 rings (SSSR count). The van der Waals surface area contributed by atoms with Crippen LogP contribution in [-0.4, -0.2) is 27.7 Å². The number of halogens is 1. The third-order valence-corrected chi connectivity index (χ3v) is 5.84. The van der Waals surface area contributed by atoms with Crippen molar-refractivity contribution in [2.24, 2.45) is 11.8 Å². The fourth-order valence-electron chi connectivity index (χ4n) is 3.69. The molecule has 1 heterocycles. The molecule has 3 aromatic carbocycles. The lowest BCUT2D eigenvalue weighted by molar-refractivity contribution is -0.138. The normalized spacial score (nSPS) is 17.8. The molecular weight excluding hydrogens is 400 g/mol. The second kappa shape index (κ2) is 7.50. The summed E-state index contributed by atoms with van der Waals surface area (Å²) >= 11 is 6.54. The zero-order valence-corrected chi connectivity index (χ0v) is 16.8. The molecule has 1 saturated carbocycles. The van der Waals surface area contributed by atoms with Gasteiger partial charge in [0.1, 0.15) is 0 Å². The van der Waals surface area contributed by atoms with E-state index in [9.17, 15) is 4.79 Å². The number of fused-ring (bicyclic) bond motifs is 1. The van der Waals surface area contributed by atoms with E-state index in [4.69, 9.17) is 21.4 Å². The second-order valence-corrected chi connectivity index (χ2v) is 7.99. The molecule has 5 nitrogen and oxygen atoms in total. The van der Waals surface area contributed by atoms with E-state index in [0.717, 1.165) is 27.7 Å². The Labute approximate surface area is 178 Å². The van der Waals surface area contributed by atoms with Crippen LogP contribution in [0.5, 0.6) is 6.01 Å². The van der Waals surface area contributed by atoms with Gasteiger partial charge in [-0.25, -0.2) is 0 Å². The Balaban J connectivity index is 1.37. The number of aliphatic carboxylic acids is 1. The van der Waals surface area contributed by atoms with Crippen molar-refractivity contribution in [2.75, 3.05) is 6.61 Å². The molecule has 30 heavy (non-hydrogen) atoms. The standard InChI is InChI=1S/C24H19ClN2O3/c25-20-12-22-21(26-24(27-22)30-13-17-10-19(17)23(28)29)11-18(20)16-8-6-15(7-9-16)14-4-2-1-3-5-14/h1-9,11-12,17,19H,10,13H2,(H,26,27)(H,28,29). The van der Waals surface area contributed by atoms with Crippen LogP contribution in [0.15, 0.2) is 66.7 Å². The Morgan fingerprint density at radius 3 is 2.47 bits per heavy atom. The number of aromatic amines is 1. The van der Waals surface area contributed by atoms with Crippen LogP contribution in [0.4, 0.5) is 0 Å². The number of rotatable bonds is 6. The average Bonchev–Trinajstić information content (AvgIpc) is 3.45. The Morgan fingerprint density at radius 2 is 1.77 bits per heavy atom. The highest BCUT2D eigenvalue weighted by Crippen LogP contribution is 2.39. The third kappa shape index (κ3) is 3.64. The number of hydrogen-bond acceptors (Lipinski definition) is 3. The Morgan fingerprint density at radius 1 is 1.07 bits per heavy atom. The molecule has 4 aromatic rings. The first-order valence-corrected chi connectivity index (χ1v) is 10.2. The maximum Gasteiger partial charge on any atom is 0.306 e. The first-order chi connectivity index (χ1) is 14.6. The molecule has 2 atom stereocenters. The smallest absolute Gasteiger partial charge is 0.306 e. The summed E-state index contributed by atoms with van der Waals surface area (Å²) in [7, 11) is 0. The van der Waals surface area contributed by atoms with E-state index in [-0.39, 0.29) is 11.8 Å². The molecule has 0 aliphatic heterocycles. The highest BCUT2D eigenvalue weighted by atomic mass is 35.5. The molecular formula is C24H19ClN2O3. The van der Waals surface area contributed by atoms with Gasteiger partial charge in [0, 0.05) is 11.5 Å². The van der Waals surface area contributed by atoms with Crippen molar-refractivity contribution in [2.45, 2.75) is 6.42 Å². The lowest BCUT2D eigenvalue weighted by Gasteiger charge is -2.07. The number of benzene rings is 3. The lowest BCUT2D eigenvalue weighted by Crippen LogP contribution is -2.06. The van der Waals surface area contributed by atoms with Crippen LogP contribution in [0.1, 0.15) is 6.42 Å². The van der Waals surface area contributed by atoms with Crippen molar-refractivity contribution in [3.8, 4) is 28.3 Å². The number of hydrogen-bond donors (Lipinski definition) is 2. The predicted molar refractivity (Wildman–Crippen MR) is 117 cm³/mol. The minimum atomic E-state index is -0.761. The molecule has 1 aliphatic rings. The fourth-order valence-corrected chi connectivity index (χ4v) is 3.96. The zero-order valence-electron chi connectivity index (χ0n) is 16.0. The summed E-state index contributed by atoms with van der Waals surface area (Å²) in [5.74, 6) is -1.00. The van der Waals surface area contributed by atoms with Crippen molar-refractivity contribution in [3.05, 3.63) is 71.8 Å². The number of carboxylic acids is 1. The summed E-state index contributed by atoms with van der Waals surface area (Å²) in [6, 6.07) is 22.7. The summed E-state index contributed by atoms with van der Waals surface area (Å²) in [6.07, 6.45) is 0.657. The monoisotopic (exact) mass is 418 g/mol. The van der Waals surface area contributed by atoms with Crippen molar-refractivity contribution < 1.29 is 14.6 Å². The van der Waals surface area contributed by atoms with Crippen LogP contribution >= 0.6 is 11.6 Å². The molecule has 1 aromatic heterocycles. The molecule has 1 aliphatic carbocycles. The van der Waals surface area contributed by atoms with Gasteiger partial charge in [0.25, 0.3) is 6.01 Å². The van der Waals surface area contributed by atoms with Crippen LogP contribution in [-0.2, 0) is 4.79 Å². The molecule has 1 fully saturated rings. The van der Waals surface area contributed by atoms with Gasteiger partial charge in [-0.05, 0) is 35.2 Å². The van der Waals surface area contributed by atoms with Crippen LogP contribution in [0, 0.1) is 11.8 Å². The number of carboxylic acid groups (broad SMARTS) is 1. The summed E-state index contributed by atoms with van der Waals surface area (Å²) in [4.78, 5) is 18.5. The molecule has 150 valence electrons. The van der Waals surface area contributed by atoms with Gasteiger partial charge in [-0.1, -0.05) is 66.2 Å². The number of H-pyrrole nitrogens is 1. The highest BCUT2D eigenvalue weighted by Gasteiger charge is 2.43. The van der Waals surface area contributed by atoms with Gasteiger partial charge in [-0.3, -0.25) is 4.79 Å². The Bertz CT molecular complexity index is 1220. The first kappa shape index (κ1) is 18.7. The van der Waals surface area contributed by atoms with Gasteiger partial charge in [0.15, 0.2) is 0 Å². The summed E-state index contributed by atoms with van der Waals surface area (Å²) in [5.41, 5.74) is 5.75. The van der Waals surface area contributed by atoms with Gasteiger partial charge >= 0.3 is 5.97 Å². The van der Waals surface area contributed by atoms with Crippen molar-refractivity contribution in [1.29, 1.82) is 0 Å². The molecule has 0 spiro atoms. The molecule has 0 amide bonds. The van der Waals surface area contributed by atoms with E-state index in [0.29, 0.717) is 24.1 Å². The number of nitrogens with one attached hydrogen (secondary N) is 1. The lowest BCUT2D eigenvalue weighted by atomic mass is 10.00. The van der Waals surface area contributed by atoms with Gasteiger partial charge in [-0.15, -0.1) is 0 Å². The number of aromatic nitrogens is 2. The van der Waals surface area contributed by atoms with E-state index in [2.05, 4.69) is 46.4 Å². The van der Waals surface area contributed by atoms with E-state index < -0.39 is 5.97 Å². The van der Waals surface area contributed by atoms with Gasteiger partial charge in [-0.2, -0.15) is 4.98 Å². The summed E-state index contributed by atoms with van der Waals surface area (Å²) in [6.45, 7) is 0.346. The number of nitrogens with zero attached hydrogens (tertiary/aromatic N) is 1. The maximum absolute atomic E-state index is 10.9. The second-order valence-electron chi connectivity index (χ2n) is 7.59. The van der Waals surface area contributed by atoms with Gasteiger partial charge < -0.3 is 14.8 Å². The molecule has 0 saturated heterocycles. The first-order valence-electron chi connectivity index (χ1n) is 9.79. The zero-order chi connectivity index (χ0) is 20.7. The molecule has 2 N–H and O–H groups in total. The van der Waals surface area contributed by atoms with E-state index in [1.807, 2.05) is 30.3 Å².